The number of halogens is 3. The molecule has 0 heterocycles. The molecule has 0 aliphatic heterocycles. The lowest BCUT2D eigenvalue weighted by molar-refractivity contribution is -0.137. The Balaban J connectivity index is 2.04. The molecule has 0 radical (unpaired) electrons. The third-order valence-electron chi connectivity index (χ3n) is 2.76. The van der Waals surface area contributed by atoms with Crippen LogP contribution in [0.3, 0.4) is 0 Å². The van der Waals surface area contributed by atoms with E-state index in [0.717, 1.165) is 30.5 Å². The summed E-state index contributed by atoms with van der Waals surface area (Å²) in [5.41, 5.74) is 5.97. The molecule has 1 fully saturated rings. The van der Waals surface area contributed by atoms with Crippen molar-refractivity contribution in [2.24, 2.45) is 11.7 Å². The van der Waals surface area contributed by atoms with Gasteiger partial charge in [0.15, 0.2) is 0 Å². The molecule has 1 aliphatic rings. The van der Waals surface area contributed by atoms with Crippen molar-refractivity contribution in [1.82, 2.24) is 0 Å². The summed E-state index contributed by atoms with van der Waals surface area (Å²) < 4.78 is 36.7. The van der Waals surface area contributed by atoms with Gasteiger partial charge >= 0.3 is 6.18 Å². The normalized spacial score (nSPS) is 25.3. The van der Waals surface area contributed by atoms with E-state index in [4.69, 9.17) is 5.73 Å². The van der Waals surface area contributed by atoms with Crippen LogP contribution < -0.4 is 5.73 Å². The minimum Gasteiger partial charge on any atom is -0.327 e. The smallest absolute Gasteiger partial charge is 0.327 e. The topological polar surface area (TPSA) is 26.0 Å². The van der Waals surface area contributed by atoms with Gasteiger partial charge in [-0.2, -0.15) is 13.2 Å². The summed E-state index contributed by atoms with van der Waals surface area (Å²) in [6.45, 7) is 0. The van der Waals surface area contributed by atoms with Gasteiger partial charge in [0.25, 0.3) is 0 Å². The Hall–Kier alpha value is -1.03. The highest BCUT2D eigenvalue weighted by atomic mass is 19.4. The molecule has 1 aromatic carbocycles. The summed E-state index contributed by atoms with van der Waals surface area (Å²) in [6.07, 6.45) is -2.46. The molecule has 82 valence electrons. The molecule has 0 aromatic heterocycles. The highest BCUT2D eigenvalue weighted by Gasteiger charge is 2.33. The zero-order valence-corrected chi connectivity index (χ0v) is 8.09. The SMILES string of the molecule is N[C@H]1C[C@@H]1Cc1ccc(C(F)(F)F)cc1. The highest BCUT2D eigenvalue weighted by Crippen LogP contribution is 2.33. The fraction of sp³-hybridized carbons (Fsp3) is 0.455. The van der Waals surface area contributed by atoms with Gasteiger partial charge in [-0.15, -0.1) is 0 Å². The van der Waals surface area contributed by atoms with Crippen LogP contribution in [0, 0.1) is 5.92 Å². The molecular formula is C11H12F3N. The summed E-state index contributed by atoms with van der Waals surface area (Å²) in [6, 6.07) is 5.57. The Labute approximate surface area is 86.1 Å². The molecule has 1 aromatic rings. The van der Waals surface area contributed by atoms with Crippen LogP contribution in [0.1, 0.15) is 17.5 Å². The van der Waals surface area contributed by atoms with Gasteiger partial charge in [0, 0.05) is 6.04 Å². The second-order valence-corrected chi connectivity index (χ2v) is 4.06. The number of hydrogen-bond donors (Lipinski definition) is 1. The molecular weight excluding hydrogens is 203 g/mol. The molecule has 15 heavy (non-hydrogen) atoms. The average molecular weight is 215 g/mol. The third-order valence-corrected chi connectivity index (χ3v) is 2.76. The van der Waals surface area contributed by atoms with Crippen molar-refractivity contribution < 1.29 is 13.2 Å². The molecule has 0 bridgehead atoms. The van der Waals surface area contributed by atoms with Gasteiger partial charge in [0.1, 0.15) is 0 Å². The monoisotopic (exact) mass is 215 g/mol. The maximum Gasteiger partial charge on any atom is 0.416 e. The minimum atomic E-state index is -4.24. The van der Waals surface area contributed by atoms with Crippen LogP contribution >= 0.6 is 0 Å². The van der Waals surface area contributed by atoms with Gasteiger partial charge < -0.3 is 5.73 Å². The van der Waals surface area contributed by atoms with Crippen LogP contribution in [-0.2, 0) is 12.6 Å². The Morgan fingerprint density at radius 1 is 1.20 bits per heavy atom. The lowest BCUT2D eigenvalue weighted by atomic mass is 10.1. The van der Waals surface area contributed by atoms with Crippen molar-refractivity contribution in [3.8, 4) is 0 Å². The molecule has 1 aliphatic carbocycles. The van der Waals surface area contributed by atoms with Gasteiger partial charge in [-0.25, -0.2) is 0 Å². The van der Waals surface area contributed by atoms with E-state index < -0.39 is 11.7 Å². The first-order valence-electron chi connectivity index (χ1n) is 4.88. The van der Waals surface area contributed by atoms with Crippen molar-refractivity contribution in [2.45, 2.75) is 25.1 Å². The molecule has 0 saturated heterocycles. The van der Waals surface area contributed by atoms with E-state index in [-0.39, 0.29) is 6.04 Å². The van der Waals surface area contributed by atoms with Gasteiger partial charge in [-0.1, -0.05) is 12.1 Å². The molecule has 0 spiro atoms. The Morgan fingerprint density at radius 2 is 1.73 bits per heavy atom. The van der Waals surface area contributed by atoms with Crippen molar-refractivity contribution in [2.75, 3.05) is 0 Å². The lowest BCUT2D eigenvalue weighted by Crippen LogP contribution is -2.06. The number of rotatable bonds is 2. The first-order valence-corrected chi connectivity index (χ1v) is 4.88. The number of benzene rings is 1. The van der Waals surface area contributed by atoms with E-state index in [9.17, 15) is 13.2 Å². The minimum absolute atomic E-state index is 0.243. The van der Waals surface area contributed by atoms with Crippen molar-refractivity contribution in [1.29, 1.82) is 0 Å². The molecule has 2 rings (SSSR count). The van der Waals surface area contributed by atoms with Crippen molar-refractivity contribution >= 4 is 0 Å². The van der Waals surface area contributed by atoms with Crippen LogP contribution in [0.5, 0.6) is 0 Å². The van der Waals surface area contributed by atoms with Gasteiger partial charge in [0.05, 0.1) is 5.56 Å². The molecule has 2 atom stereocenters. The quantitative estimate of drug-likeness (QED) is 0.806. The number of hydrogen-bond acceptors (Lipinski definition) is 1. The maximum atomic E-state index is 12.2. The van der Waals surface area contributed by atoms with Crippen LogP contribution in [0.15, 0.2) is 24.3 Å². The average Bonchev–Trinajstić information content (AvgIpc) is 2.81. The van der Waals surface area contributed by atoms with Crippen LogP contribution in [0.4, 0.5) is 13.2 Å². The summed E-state index contributed by atoms with van der Waals surface area (Å²) in [5.74, 6) is 0.460. The molecule has 0 unspecified atom stereocenters. The van der Waals surface area contributed by atoms with Gasteiger partial charge in [-0.05, 0) is 36.5 Å². The van der Waals surface area contributed by atoms with Crippen LogP contribution in [0.2, 0.25) is 0 Å². The zero-order chi connectivity index (χ0) is 11.1. The Kier molecular flexibility index (Phi) is 2.46. The summed E-state index contributed by atoms with van der Waals surface area (Å²) in [5, 5.41) is 0. The molecule has 2 N–H and O–H groups in total. The Morgan fingerprint density at radius 3 is 2.13 bits per heavy atom. The number of nitrogens with two attached hydrogens (primary N) is 1. The maximum absolute atomic E-state index is 12.2. The fourth-order valence-electron chi connectivity index (χ4n) is 1.64. The van der Waals surface area contributed by atoms with E-state index in [2.05, 4.69) is 0 Å². The van der Waals surface area contributed by atoms with E-state index in [0.29, 0.717) is 5.92 Å². The predicted molar refractivity (Wildman–Crippen MR) is 51.2 cm³/mol. The van der Waals surface area contributed by atoms with Crippen LogP contribution in [0.25, 0.3) is 0 Å². The largest absolute Gasteiger partial charge is 0.416 e. The predicted octanol–water partition coefficient (Wildman–Crippen LogP) is 2.60. The van der Waals surface area contributed by atoms with Crippen molar-refractivity contribution in [3.63, 3.8) is 0 Å². The van der Waals surface area contributed by atoms with Gasteiger partial charge in [0.2, 0.25) is 0 Å². The zero-order valence-electron chi connectivity index (χ0n) is 8.09. The summed E-state index contributed by atoms with van der Waals surface area (Å²) in [4.78, 5) is 0. The number of alkyl halides is 3. The first-order chi connectivity index (χ1) is 6.97. The fourth-order valence-corrected chi connectivity index (χ4v) is 1.64. The first kappa shape index (κ1) is 10.5. The molecule has 1 saturated carbocycles. The third kappa shape index (κ3) is 2.50. The molecule has 1 nitrogen and oxygen atoms in total. The van der Waals surface area contributed by atoms with E-state index in [1.807, 2.05) is 0 Å². The summed E-state index contributed by atoms with van der Waals surface area (Å²) >= 11 is 0. The van der Waals surface area contributed by atoms with E-state index in [1.54, 1.807) is 0 Å². The Bertz CT molecular complexity index is 342. The van der Waals surface area contributed by atoms with Crippen LogP contribution in [-0.4, -0.2) is 6.04 Å². The summed E-state index contributed by atoms with van der Waals surface area (Å²) in [7, 11) is 0. The van der Waals surface area contributed by atoms with E-state index in [1.165, 1.54) is 12.1 Å². The second kappa shape index (κ2) is 3.52. The lowest BCUT2D eigenvalue weighted by Gasteiger charge is -2.07. The van der Waals surface area contributed by atoms with E-state index >= 15 is 0 Å². The van der Waals surface area contributed by atoms with Crippen molar-refractivity contribution in [3.05, 3.63) is 35.4 Å². The second-order valence-electron chi connectivity index (χ2n) is 4.06. The van der Waals surface area contributed by atoms with Gasteiger partial charge in [-0.3, -0.25) is 0 Å². The highest BCUT2D eigenvalue weighted by molar-refractivity contribution is 5.25. The molecule has 0 amide bonds. The molecule has 4 heteroatoms. The standard InChI is InChI=1S/C11H12F3N/c12-11(13,14)9-3-1-7(2-4-9)5-8-6-10(8)15/h1-4,8,10H,5-6,15H2/t8-,10-/m0/s1.